The molecule has 0 bridgehead atoms. The van der Waals surface area contributed by atoms with Crippen LogP contribution < -0.4 is 0 Å². The van der Waals surface area contributed by atoms with Gasteiger partial charge in [-0.05, 0) is 19.1 Å². The first-order chi connectivity index (χ1) is 11.1. The SMILES string of the molecule is CCn1cc2c(n1)C(COC)CN(S(=O)(=O)c1ccccc1)C2. The summed E-state index contributed by atoms with van der Waals surface area (Å²) in [5.74, 6) is -0.0463. The van der Waals surface area contributed by atoms with Gasteiger partial charge in [0.15, 0.2) is 0 Å². The van der Waals surface area contributed by atoms with Gasteiger partial charge in [0, 0.05) is 44.4 Å². The number of ether oxygens (including phenoxy) is 1. The van der Waals surface area contributed by atoms with Gasteiger partial charge >= 0.3 is 0 Å². The molecular weight excluding hydrogens is 314 g/mol. The lowest BCUT2D eigenvalue weighted by Crippen LogP contribution is -2.39. The number of nitrogens with zero attached hydrogens (tertiary/aromatic N) is 3. The third-order valence-corrected chi connectivity index (χ3v) is 5.93. The lowest BCUT2D eigenvalue weighted by molar-refractivity contribution is 0.161. The van der Waals surface area contributed by atoms with Crippen molar-refractivity contribution in [1.29, 1.82) is 0 Å². The highest BCUT2D eigenvalue weighted by Gasteiger charge is 2.35. The van der Waals surface area contributed by atoms with E-state index in [1.807, 2.05) is 23.9 Å². The Morgan fingerprint density at radius 2 is 2.04 bits per heavy atom. The number of benzene rings is 1. The van der Waals surface area contributed by atoms with E-state index in [4.69, 9.17) is 4.74 Å². The van der Waals surface area contributed by atoms with Gasteiger partial charge in [0.05, 0.1) is 17.2 Å². The molecule has 2 heterocycles. The van der Waals surface area contributed by atoms with Crippen LogP contribution in [0.15, 0.2) is 41.4 Å². The van der Waals surface area contributed by atoms with E-state index >= 15 is 0 Å². The summed E-state index contributed by atoms with van der Waals surface area (Å²) in [6, 6.07) is 8.55. The molecule has 0 amide bonds. The van der Waals surface area contributed by atoms with Crippen LogP contribution in [-0.2, 0) is 27.8 Å². The second-order valence-corrected chi connectivity index (χ2v) is 7.60. The summed E-state index contributed by atoms with van der Waals surface area (Å²) in [6.45, 7) is 3.97. The number of hydrogen-bond donors (Lipinski definition) is 0. The van der Waals surface area contributed by atoms with Crippen molar-refractivity contribution in [1.82, 2.24) is 14.1 Å². The van der Waals surface area contributed by atoms with Crippen LogP contribution in [0.3, 0.4) is 0 Å². The fourth-order valence-electron chi connectivity index (χ4n) is 2.95. The van der Waals surface area contributed by atoms with E-state index in [0.29, 0.717) is 24.6 Å². The molecule has 0 radical (unpaired) electrons. The van der Waals surface area contributed by atoms with Crippen LogP contribution in [-0.4, -0.2) is 42.8 Å². The Balaban J connectivity index is 1.96. The highest BCUT2D eigenvalue weighted by atomic mass is 32.2. The summed E-state index contributed by atoms with van der Waals surface area (Å²) in [5.41, 5.74) is 1.91. The molecular formula is C16H21N3O3S. The van der Waals surface area contributed by atoms with Gasteiger partial charge in [0.2, 0.25) is 10.0 Å². The number of aryl methyl sites for hydroxylation is 1. The predicted octanol–water partition coefficient (Wildman–Crippen LogP) is 1.84. The molecule has 0 saturated heterocycles. The molecule has 1 aromatic heterocycles. The first kappa shape index (κ1) is 16.2. The Labute approximate surface area is 136 Å². The minimum absolute atomic E-state index is 0.0463. The van der Waals surface area contributed by atoms with Crippen LogP contribution in [0, 0.1) is 0 Å². The zero-order valence-electron chi connectivity index (χ0n) is 13.3. The van der Waals surface area contributed by atoms with Gasteiger partial charge in [0.25, 0.3) is 0 Å². The molecule has 6 nitrogen and oxygen atoms in total. The maximum atomic E-state index is 12.9. The Bertz CT molecular complexity index is 771. The summed E-state index contributed by atoms with van der Waals surface area (Å²) in [6.07, 6.45) is 1.94. The van der Waals surface area contributed by atoms with Gasteiger partial charge < -0.3 is 4.74 Å². The number of methoxy groups -OCH3 is 1. The van der Waals surface area contributed by atoms with Crippen LogP contribution >= 0.6 is 0 Å². The molecule has 0 N–H and O–H groups in total. The maximum absolute atomic E-state index is 12.9. The van der Waals surface area contributed by atoms with E-state index in [1.165, 1.54) is 4.31 Å². The second kappa shape index (κ2) is 6.43. The summed E-state index contributed by atoms with van der Waals surface area (Å²) in [4.78, 5) is 0.322. The van der Waals surface area contributed by atoms with Crippen molar-refractivity contribution in [3.63, 3.8) is 0 Å². The standard InChI is InChI=1S/C16H21N3O3S/c1-3-18-9-13-10-19(11-14(12-22-2)16(13)17-18)23(20,21)15-7-5-4-6-8-15/h4-9,14H,3,10-12H2,1-2H3. The fourth-order valence-corrected chi connectivity index (χ4v) is 4.43. The molecule has 1 aliphatic heterocycles. The molecule has 0 aliphatic carbocycles. The molecule has 23 heavy (non-hydrogen) atoms. The molecule has 124 valence electrons. The van der Waals surface area contributed by atoms with Crippen molar-refractivity contribution in [2.45, 2.75) is 30.8 Å². The number of hydrogen-bond acceptors (Lipinski definition) is 4. The first-order valence-electron chi connectivity index (χ1n) is 7.66. The zero-order chi connectivity index (χ0) is 16.4. The van der Waals surface area contributed by atoms with Gasteiger partial charge in [-0.25, -0.2) is 8.42 Å². The van der Waals surface area contributed by atoms with E-state index in [9.17, 15) is 8.42 Å². The lowest BCUT2D eigenvalue weighted by atomic mass is 9.99. The monoisotopic (exact) mass is 335 g/mol. The average molecular weight is 335 g/mol. The Morgan fingerprint density at radius 3 is 2.70 bits per heavy atom. The zero-order valence-corrected chi connectivity index (χ0v) is 14.2. The molecule has 0 spiro atoms. The van der Waals surface area contributed by atoms with Crippen molar-refractivity contribution in [3.05, 3.63) is 47.8 Å². The molecule has 7 heteroatoms. The van der Waals surface area contributed by atoms with Gasteiger partial charge in [-0.1, -0.05) is 18.2 Å². The van der Waals surface area contributed by atoms with E-state index in [0.717, 1.165) is 17.8 Å². The lowest BCUT2D eigenvalue weighted by Gasteiger charge is -2.30. The average Bonchev–Trinajstić information content (AvgIpc) is 2.99. The van der Waals surface area contributed by atoms with Crippen LogP contribution in [0.25, 0.3) is 0 Å². The Hall–Kier alpha value is -1.70. The normalized spacial score (nSPS) is 18.8. The summed E-state index contributed by atoms with van der Waals surface area (Å²) in [5, 5.41) is 4.57. The van der Waals surface area contributed by atoms with Crippen LogP contribution in [0.1, 0.15) is 24.1 Å². The van der Waals surface area contributed by atoms with E-state index < -0.39 is 10.0 Å². The van der Waals surface area contributed by atoms with Gasteiger partial charge in [0.1, 0.15) is 0 Å². The second-order valence-electron chi connectivity index (χ2n) is 5.66. The minimum atomic E-state index is -3.51. The molecule has 0 fully saturated rings. The molecule has 1 unspecified atom stereocenters. The molecule has 3 rings (SSSR count). The van der Waals surface area contributed by atoms with Crippen LogP contribution in [0.5, 0.6) is 0 Å². The summed E-state index contributed by atoms with van der Waals surface area (Å²) < 4.78 is 34.4. The molecule has 2 aromatic rings. The van der Waals surface area contributed by atoms with Crippen LogP contribution in [0.4, 0.5) is 0 Å². The molecule has 0 saturated carbocycles. The van der Waals surface area contributed by atoms with E-state index in [2.05, 4.69) is 5.10 Å². The highest BCUT2D eigenvalue weighted by molar-refractivity contribution is 7.89. The number of aromatic nitrogens is 2. The van der Waals surface area contributed by atoms with Crippen molar-refractivity contribution in [2.24, 2.45) is 0 Å². The molecule has 1 aliphatic rings. The van der Waals surface area contributed by atoms with E-state index in [1.54, 1.807) is 31.4 Å². The summed E-state index contributed by atoms with van der Waals surface area (Å²) in [7, 11) is -1.89. The van der Waals surface area contributed by atoms with Crippen molar-refractivity contribution >= 4 is 10.0 Å². The quantitative estimate of drug-likeness (QED) is 0.836. The van der Waals surface area contributed by atoms with Gasteiger partial charge in [-0.3, -0.25) is 4.68 Å². The molecule has 1 aromatic carbocycles. The van der Waals surface area contributed by atoms with E-state index in [-0.39, 0.29) is 5.92 Å². The summed E-state index contributed by atoms with van der Waals surface area (Å²) >= 11 is 0. The third kappa shape index (κ3) is 3.04. The predicted molar refractivity (Wildman–Crippen MR) is 86.6 cm³/mol. The molecule has 1 atom stereocenters. The minimum Gasteiger partial charge on any atom is -0.384 e. The maximum Gasteiger partial charge on any atom is 0.243 e. The Kier molecular flexibility index (Phi) is 4.52. The Morgan fingerprint density at radius 1 is 1.30 bits per heavy atom. The number of rotatable bonds is 5. The fraction of sp³-hybridized carbons (Fsp3) is 0.438. The van der Waals surface area contributed by atoms with Crippen molar-refractivity contribution in [3.8, 4) is 0 Å². The van der Waals surface area contributed by atoms with Gasteiger partial charge in [-0.15, -0.1) is 0 Å². The first-order valence-corrected chi connectivity index (χ1v) is 9.10. The third-order valence-electron chi connectivity index (χ3n) is 4.10. The highest BCUT2D eigenvalue weighted by Crippen LogP contribution is 2.31. The van der Waals surface area contributed by atoms with Crippen LogP contribution in [0.2, 0.25) is 0 Å². The van der Waals surface area contributed by atoms with Crippen molar-refractivity contribution in [2.75, 3.05) is 20.3 Å². The van der Waals surface area contributed by atoms with Gasteiger partial charge in [-0.2, -0.15) is 9.40 Å². The number of sulfonamides is 1. The number of fused-ring (bicyclic) bond motifs is 1. The smallest absolute Gasteiger partial charge is 0.243 e. The largest absolute Gasteiger partial charge is 0.384 e. The van der Waals surface area contributed by atoms with Crippen molar-refractivity contribution < 1.29 is 13.2 Å². The topological polar surface area (TPSA) is 64.4 Å².